The van der Waals surface area contributed by atoms with Crippen LogP contribution in [-0.4, -0.2) is 61.6 Å². The molecule has 0 saturated carbocycles. The molecule has 0 bridgehead atoms. The first-order valence-electron chi connectivity index (χ1n) is 10.9. The lowest BCUT2D eigenvalue weighted by Crippen LogP contribution is -2.51. The van der Waals surface area contributed by atoms with E-state index >= 15 is 0 Å². The molecule has 0 aromatic rings. The number of hydrogen-bond donors (Lipinski definition) is 2. The van der Waals surface area contributed by atoms with Crippen molar-refractivity contribution in [2.45, 2.75) is 102 Å². The van der Waals surface area contributed by atoms with Gasteiger partial charge in [0.05, 0.1) is 10.9 Å². The molecule has 0 spiro atoms. The Hall–Kier alpha value is -1.19. The van der Waals surface area contributed by atoms with Crippen LogP contribution in [0.1, 0.15) is 73.1 Å². The molecule has 0 radical (unpaired) electrons. The molecule has 1 aliphatic heterocycles. The van der Waals surface area contributed by atoms with Crippen molar-refractivity contribution in [2.24, 2.45) is 0 Å². The normalized spacial score (nSPS) is 28.2. The molecule has 1 fully saturated rings. The van der Waals surface area contributed by atoms with E-state index in [-0.39, 0.29) is 18.1 Å². The number of rotatable bonds is 8. The van der Waals surface area contributed by atoms with Crippen LogP contribution in [-0.2, 0) is 19.6 Å². The number of alkyl halides is 1. The average molecular weight is 448 g/mol. The highest BCUT2D eigenvalue weighted by atomic mass is 32.2. The first-order valence-corrected chi connectivity index (χ1v) is 12.4. The van der Waals surface area contributed by atoms with E-state index in [9.17, 15) is 17.6 Å². The van der Waals surface area contributed by atoms with Crippen molar-refractivity contribution in [3.05, 3.63) is 11.8 Å². The van der Waals surface area contributed by atoms with Crippen molar-refractivity contribution in [3.63, 3.8) is 0 Å². The lowest BCUT2D eigenvalue weighted by atomic mass is 9.97. The van der Waals surface area contributed by atoms with Crippen molar-refractivity contribution < 1.29 is 22.3 Å². The van der Waals surface area contributed by atoms with Crippen LogP contribution >= 0.6 is 0 Å². The molecule has 0 aromatic carbocycles. The van der Waals surface area contributed by atoms with Gasteiger partial charge in [-0.15, -0.1) is 0 Å². The molecule has 174 valence electrons. The van der Waals surface area contributed by atoms with Gasteiger partial charge >= 0.3 is 0 Å². The maximum absolute atomic E-state index is 14.5. The molecule has 1 amide bonds. The predicted molar refractivity (Wildman–Crippen MR) is 116 cm³/mol. The number of unbranched alkanes of at least 4 members (excludes halogenated alkanes) is 1. The minimum Gasteiger partial charge on any atom is -0.369 e. The van der Waals surface area contributed by atoms with Gasteiger partial charge in [0.1, 0.15) is 6.10 Å². The Bertz CT molecular complexity index is 720. The van der Waals surface area contributed by atoms with E-state index in [0.29, 0.717) is 38.8 Å². The van der Waals surface area contributed by atoms with Crippen LogP contribution in [0.3, 0.4) is 0 Å². The second-order valence-corrected chi connectivity index (χ2v) is 11.9. The summed E-state index contributed by atoms with van der Waals surface area (Å²) < 4.78 is 45.8. The van der Waals surface area contributed by atoms with E-state index in [0.717, 1.165) is 18.5 Å². The topological polar surface area (TPSA) is 87.7 Å². The second-order valence-electron chi connectivity index (χ2n) is 9.38. The number of ether oxygens (including phenoxy) is 1. The molecule has 9 heteroatoms. The third kappa shape index (κ3) is 6.92. The fraction of sp³-hybridized carbons (Fsp3) is 0.857. The summed E-state index contributed by atoms with van der Waals surface area (Å²) in [5.74, 6) is -0.0208. The van der Waals surface area contributed by atoms with Gasteiger partial charge in [-0.05, 0) is 66.7 Å². The van der Waals surface area contributed by atoms with Gasteiger partial charge in [0, 0.05) is 31.2 Å². The highest BCUT2D eigenvalue weighted by Crippen LogP contribution is 2.29. The molecular weight excluding hydrogens is 409 g/mol. The van der Waals surface area contributed by atoms with E-state index in [1.807, 2.05) is 13.0 Å². The molecule has 4 unspecified atom stereocenters. The fourth-order valence-corrected chi connectivity index (χ4v) is 4.57. The summed E-state index contributed by atoms with van der Waals surface area (Å²) in [5, 5.41) is 3.04. The minimum atomic E-state index is -3.34. The number of amides is 1. The predicted octanol–water partition coefficient (Wildman–Crippen LogP) is 2.83. The van der Waals surface area contributed by atoms with E-state index in [1.165, 1.54) is 0 Å². The van der Waals surface area contributed by atoms with Gasteiger partial charge in [0.15, 0.2) is 6.30 Å². The highest BCUT2D eigenvalue weighted by molar-refractivity contribution is 7.90. The lowest BCUT2D eigenvalue weighted by molar-refractivity contribution is -0.135. The first-order chi connectivity index (χ1) is 13.9. The molecule has 1 saturated heterocycles. The quantitative estimate of drug-likeness (QED) is 0.441. The summed E-state index contributed by atoms with van der Waals surface area (Å²) in [7, 11) is -3.34. The number of morpholine rings is 1. The number of carbonyl (C=O) groups excluding carboxylic acids is 1. The molecule has 2 N–H and O–H groups in total. The van der Waals surface area contributed by atoms with Crippen molar-refractivity contribution in [1.29, 1.82) is 0 Å². The monoisotopic (exact) mass is 447 g/mol. The molecule has 4 atom stereocenters. The number of sulfonamides is 1. The summed E-state index contributed by atoms with van der Waals surface area (Å²) in [4.78, 5) is 14.0. The number of hydrogen-bond acceptors (Lipinski definition) is 5. The van der Waals surface area contributed by atoms with Crippen molar-refractivity contribution in [1.82, 2.24) is 14.9 Å². The van der Waals surface area contributed by atoms with Gasteiger partial charge in [0.2, 0.25) is 15.9 Å². The number of allylic oxidation sites excluding steroid dienone is 1. The molecule has 30 heavy (non-hydrogen) atoms. The molecule has 2 rings (SSSR count). The molecule has 7 nitrogen and oxygen atoms in total. The van der Waals surface area contributed by atoms with Crippen LogP contribution in [0.15, 0.2) is 11.8 Å². The standard InChI is InChI=1S/C21H38FN3O4S/c1-15-14-25(20(22)16(2)29-15)18-11-9-17(10-12-18)24-19(26)8-6-7-13-23-30(27,28)21(3,4)5/h11,15-17,20,23H,6-10,12-14H2,1-5H3,(H,24,26). The Balaban J connectivity index is 1.69. The number of nitrogens with zero attached hydrogens (tertiary/aromatic N) is 1. The molecule has 1 heterocycles. The third-order valence-corrected chi connectivity index (χ3v) is 7.83. The van der Waals surface area contributed by atoms with Gasteiger partial charge in [-0.3, -0.25) is 4.79 Å². The van der Waals surface area contributed by atoms with E-state index in [2.05, 4.69) is 10.0 Å². The fourth-order valence-electron chi connectivity index (χ4n) is 3.73. The Labute approximate surface area is 180 Å². The van der Waals surface area contributed by atoms with Crippen LogP contribution in [0, 0.1) is 0 Å². The van der Waals surface area contributed by atoms with Gasteiger partial charge in [-0.2, -0.15) is 0 Å². The summed E-state index contributed by atoms with van der Waals surface area (Å²) in [6.07, 6.45) is 4.28. The number of carbonyl (C=O) groups is 1. The number of halogens is 1. The summed E-state index contributed by atoms with van der Waals surface area (Å²) in [6, 6.07) is 0.0644. The van der Waals surface area contributed by atoms with E-state index in [1.54, 1.807) is 32.6 Å². The maximum atomic E-state index is 14.5. The van der Waals surface area contributed by atoms with Crippen LogP contribution in [0.2, 0.25) is 0 Å². The Morgan fingerprint density at radius 3 is 2.60 bits per heavy atom. The molecule has 1 aliphatic carbocycles. The van der Waals surface area contributed by atoms with E-state index in [4.69, 9.17) is 4.74 Å². The SMILES string of the molecule is CC1CN(C2=CCC(NC(=O)CCCCNS(=O)(=O)C(C)(C)C)CC2)C(F)C(C)O1. The summed E-state index contributed by atoms with van der Waals surface area (Å²) in [6.45, 7) is 9.56. The number of nitrogens with one attached hydrogen (secondary N) is 2. The van der Waals surface area contributed by atoms with Crippen LogP contribution in [0.25, 0.3) is 0 Å². The van der Waals surface area contributed by atoms with Crippen LogP contribution in [0.5, 0.6) is 0 Å². The van der Waals surface area contributed by atoms with Gasteiger partial charge in [-0.25, -0.2) is 17.5 Å². The van der Waals surface area contributed by atoms with Crippen molar-refractivity contribution in [3.8, 4) is 0 Å². The molecule has 2 aliphatic rings. The summed E-state index contributed by atoms with van der Waals surface area (Å²) >= 11 is 0. The minimum absolute atomic E-state index is 0.00166. The van der Waals surface area contributed by atoms with Crippen LogP contribution < -0.4 is 10.0 Å². The van der Waals surface area contributed by atoms with Gasteiger partial charge in [0.25, 0.3) is 0 Å². The third-order valence-electron chi connectivity index (χ3n) is 5.64. The van der Waals surface area contributed by atoms with Crippen molar-refractivity contribution in [2.75, 3.05) is 13.1 Å². The average Bonchev–Trinajstić information content (AvgIpc) is 2.64. The zero-order valence-electron chi connectivity index (χ0n) is 18.9. The zero-order chi connectivity index (χ0) is 22.5. The smallest absolute Gasteiger partial charge is 0.220 e. The second kappa shape index (κ2) is 10.4. The largest absolute Gasteiger partial charge is 0.369 e. The Morgan fingerprint density at radius 2 is 2.00 bits per heavy atom. The Kier molecular flexibility index (Phi) is 8.70. The van der Waals surface area contributed by atoms with E-state index < -0.39 is 27.2 Å². The molecule has 0 aromatic heterocycles. The molecular formula is C21H38FN3O4S. The Morgan fingerprint density at radius 1 is 1.30 bits per heavy atom. The zero-order valence-corrected chi connectivity index (χ0v) is 19.7. The lowest BCUT2D eigenvalue weighted by Gasteiger charge is -2.42. The summed E-state index contributed by atoms with van der Waals surface area (Å²) in [5.41, 5.74) is 1.00. The van der Waals surface area contributed by atoms with Crippen molar-refractivity contribution >= 4 is 15.9 Å². The van der Waals surface area contributed by atoms with Gasteiger partial charge in [-0.1, -0.05) is 6.08 Å². The highest BCUT2D eigenvalue weighted by Gasteiger charge is 2.34. The first kappa shape index (κ1) is 25.1. The van der Waals surface area contributed by atoms with Gasteiger partial charge < -0.3 is 15.0 Å². The maximum Gasteiger partial charge on any atom is 0.220 e. The van der Waals surface area contributed by atoms with Crippen LogP contribution in [0.4, 0.5) is 4.39 Å².